The van der Waals surface area contributed by atoms with Crippen molar-refractivity contribution in [1.29, 1.82) is 0 Å². The Morgan fingerprint density at radius 1 is 0.500 bits per heavy atom. The van der Waals surface area contributed by atoms with E-state index in [2.05, 4.69) is 75.8 Å². The molecule has 0 aliphatic carbocycles. The van der Waals surface area contributed by atoms with Crippen LogP contribution in [-0.2, 0) is 0 Å². The molecule has 0 rings (SSSR count). The lowest BCUT2D eigenvalue weighted by Crippen LogP contribution is -2.37. The molecule has 0 atom stereocenters. The third-order valence-corrected chi connectivity index (χ3v) is 4.95. The number of hydrogen-bond acceptors (Lipinski definition) is 4. The van der Waals surface area contributed by atoms with Crippen molar-refractivity contribution in [2.75, 3.05) is 39.3 Å². The average Bonchev–Trinajstić information content (AvgIpc) is 2.53. The van der Waals surface area contributed by atoms with Gasteiger partial charge >= 0.3 is 0 Å². The van der Waals surface area contributed by atoms with Gasteiger partial charge in [-0.15, -0.1) is 0 Å². The van der Waals surface area contributed by atoms with Crippen LogP contribution in [0.2, 0.25) is 0 Å². The molecule has 2 N–H and O–H groups in total. The Labute approximate surface area is 165 Å². The van der Waals surface area contributed by atoms with E-state index in [1.165, 1.54) is 51.9 Å². The highest BCUT2D eigenvalue weighted by molar-refractivity contribution is 4.68. The molecule has 0 saturated carbocycles. The number of unbranched alkanes of at least 4 members (excludes halogenated alkanes) is 1. The molecule has 0 aliphatic heterocycles. The SMILES string of the molecule is CC(C)NCCCN(CCCCN(CCCNC(C)C)C(C)C)C(C)C. The summed E-state index contributed by atoms with van der Waals surface area (Å²) in [4.78, 5) is 5.29. The fourth-order valence-corrected chi connectivity index (χ4v) is 3.23. The fourth-order valence-electron chi connectivity index (χ4n) is 3.23. The van der Waals surface area contributed by atoms with Gasteiger partial charge in [0, 0.05) is 24.2 Å². The summed E-state index contributed by atoms with van der Waals surface area (Å²) < 4.78 is 0. The van der Waals surface area contributed by atoms with Crippen molar-refractivity contribution in [1.82, 2.24) is 20.4 Å². The van der Waals surface area contributed by atoms with Crippen LogP contribution in [-0.4, -0.2) is 73.2 Å². The monoisotopic (exact) mass is 370 g/mol. The van der Waals surface area contributed by atoms with Crippen LogP contribution in [0, 0.1) is 0 Å². The first-order valence-corrected chi connectivity index (χ1v) is 11.2. The summed E-state index contributed by atoms with van der Waals surface area (Å²) in [6, 6.07) is 2.50. The molecule has 0 spiro atoms. The quantitative estimate of drug-likeness (QED) is 0.379. The van der Waals surface area contributed by atoms with Gasteiger partial charge in [-0.05, 0) is 92.6 Å². The minimum atomic E-state index is 0.597. The first-order chi connectivity index (χ1) is 12.2. The molecule has 0 fully saturated rings. The zero-order chi connectivity index (χ0) is 19.9. The molecule has 0 aromatic heterocycles. The van der Waals surface area contributed by atoms with E-state index < -0.39 is 0 Å². The van der Waals surface area contributed by atoms with Crippen molar-refractivity contribution in [3.63, 3.8) is 0 Å². The lowest BCUT2D eigenvalue weighted by atomic mass is 10.2. The number of nitrogens with one attached hydrogen (secondary N) is 2. The van der Waals surface area contributed by atoms with Crippen LogP contribution in [0.25, 0.3) is 0 Å². The molecule has 0 heterocycles. The van der Waals surface area contributed by atoms with Crippen molar-refractivity contribution in [2.24, 2.45) is 0 Å². The molecule has 0 aliphatic rings. The molecule has 0 aromatic rings. The number of nitrogens with zero attached hydrogens (tertiary/aromatic N) is 2. The van der Waals surface area contributed by atoms with Gasteiger partial charge in [0.25, 0.3) is 0 Å². The van der Waals surface area contributed by atoms with E-state index in [0.717, 1.165) is 13.1 Å². The molecule has 0 aromatic carbocycles. The van der Waals surface area contributed by atoms with Gasteiger partial charge in [0.2, 0.25) is 0 Å². The van der Waals surface area contributed by atoms with Crippen LogP contribution < -0.4 is 10.6 Å². The zero-order valence-corrected chi connectivity index (χ0v) is 19.3. The molecule has 0 unspecified atom stereocenters. The third-order valence-electron chi connectivity index (χ3n) is 4.95. The Morgan fingerprint density at radius 2 is 0.808 bits per heavy atom. The highest BCUT2D eigenvalue weighted by atomic mass is 15.2. The average molecular weight is 371 g/mol. The van der Waals surface area contributed by atoms with Crippen molar-refractivity contribution in [3.8, 4) is 0 Å². The molecule has 4 nitrogen and oxygen atoms in total. The van der Waals surface area contributed by atoms with Gasteiger partial charge in [0.05, 0.1) is 0 Å². The Kier molecular flexibility index (Phi) is 15.8. The van der Waals surface area contributed by atoms with E-state index in [-0.39, 0.29) is 0 Å². The van der Waals surface area contributed by atoms with E-state index >= 15 is 0 Å². The number of rotatable bonds is 17. The first kappa shape index (κ1) is 25.8. The summed E-state index contributed by atoms with van der Waals surface area (Å²) >= 11 is 0. The zero-order valence-electron chi connectivity index (χ0n) is 19.3. The van der Waals surface area contributed by atoms with Gasteiger partial charge in [-0.3, -0.25) is 0 Å². The molecular formula is C22H50N4. The van der Waals surface area contributed by atoms with E-state index in [9.17, 15) is 0 Å². The van der Waals surface area contributed by atoms with Crippen molar-refractivity contribution in [3.05, 3.63) is 0 Å². The van der Waals surface area contributed by atoms with Crippen LogP contribution in [0.1, 0.15) is 81.1 Å². The van der Waals surface area contributed by atoms with Crippen molar-refractivity contribution in [2.45, 2.75) is 105 Å². The minimum absolute atomic E-state index is 0.597. The fraction of sp³-hybridized carbons (Fsp3) is 1.00. The summed E-state index contributed by atoms with van der Waals surface area (Å²) in [6.07, 6.45) is 5.11. The van der Waals surface area contributed by atoms with Gasteiger partial charge in [-0.25, -0.2) is 0 Å². The van der Waals surface area contributed by atoms with Crippen LogP contribution in [0.4, 0.5) is 0 Å². The molecule has 26 heavy (non-hydrogen) atoms. The minimum Gasteiger partial charge on any atom is -0.314 e. The summed E-state index contributed by atoms with van der Waals surface area (Å²) in [5, 5.41) is 7.05. The highest BCUT2D eigenvalue weighted by Crippen LogP contribution is 2.06. The van der Waals surface area contributed by atoms with Gasteiger partial charge < -0.3 is 20.4 Å². The van der Waals surface area contributed by atoms with Gasteiger partial charge in [0.1, 0.15) is 0 Å². The molecule has 0 radical (unpaired) electrons. The first-order valence-electron chi connectivity index (χ1n) is 11.2. The maximum absolute atomic E-state index is 3.53. The normalized spacial score (nSPS) is 12.7. The maximum Gasteiger partial charge on any atom is 0.00385 e. The van der Waals surface area contributed by atoms with Crippen LogP contribution in [0.5, 0.6) is 0 Å². The van der Waals surface area contributed by atoms with E-state index in [0.29, 0.717) is 24.2 Å². The number of hydrogen-bond donors (Lipinski definition) is 2. The smallest absolute Gasteiger partial charge is 0.00385 e. The van der Waals surface area contributed by atoms with Crippen LogP contribution >= 0.6 is 0 Å². The second kappa shape index (κ2) is 15.9. The Bertz CT molecular complexity index is 273. The highest BCUT2D eigenvalue weighted by Gasteiger charge is 2.11. The molecule has 158 valence electrons. The van der Waals surface area contributed by atoms with Gasteiger partial charge in [-0.2, -0.15) is 0 Å². The summed E-state index contributed by atoms with van der Waals surface area (Å²) in [5.74, 6) is 0. The van der Waals surface area contributed by atoms with Crippen molar-refractivity contribution < 1.29 is 0 Å². The second-order valence-corrected chi connectivity index (χ2v) is 8.89. The Balaban J connectivity index is 3.98. The maximum atomic E-state index is 3.53. The summed E-state index contributed by atoms with van der Waals surface area (Å²) in [7, 11) is 0. The lowest BCUT2D eigenvalue weighted by Gasteiger charge is -2.29. The van der Waals surface area contributed by atoms with E-state index in [1.807, 2.05) is 0 Å². The summed E-state index contributed by atoms with van der Waals surface area (Å²) in [6.45, 7) is 25.4. The third kappa shape index (κ3) is 15.0. The molecule has 0 bridgehead atoms. The molecule has 0 amide bonds. The molecule has 0 saturated heterocycles. The molecule has 4 heteroatoms. The predicted molar refractivity (Wildman–Crippen MR) is 118 cm³/mol. The largest absolute Gasteiger partial charge is 0.314 e. The molecular weight excluding hydrogens is 320 g/mol. The standard InChI is InChI=1S/C22H50N4/c1-19(2)23-13-11-17-25(21(5)6)15-9-10-16-26(22(7)8)18-12-14-24-20(3)4/h19-24H,9-18H2,1-8H3. The summed E-state index contributed by atoms with van der Waals surface area (Å²) in [5.41, 5.74) is 0. The van der Waals surface area contributed by atoms with E-state index in [4.69, 9.17) is 0 Å². The topological polar surface area (TPSA) is 30.5 Å². The lowest BCUT2D eigenvalue weighted by molar-refractivity contribution is 0.190. The second-order valence-electron chi connectivity index (χ2n) is 8.89. The van der Waals surface area contributed by atoms with Gasteiger partial charge in [-0.1, -0.05) is 27.7 Å². The van der Waals surface area contributed by atoms with Crippen LogP contribution in [0.15, 0.2) is 0 Å². The predicted octanol–water partition coefficient (Wildman–Crippen LogP) is 3.96. The van der Waals surface area contributed by atoms with Crippen molar-refractivity contribution >= 4 is 0 Å². The van der Waals surface area contributed by atoms with Gasteiger partial charge in [0.15, 0.2) is 0 Å². The Hall–Kier alpha value is -0.160. The van der Waals surface area contributed by atoms with Crippen LogP contribution in [0.3, 0.4) is 0 Å². The Morgan fingerprint density at radius 3 is 1.08 bits per heavy atom. The van der Waals surface area contributed by atoms with E-state index in [1.54, 1.807) is 0 Å².